The first-order valence-corrected chi connectivity index (χ1v) is 18.1. The number of hydrogen-bond donors (Lipinski definition) is 0. The largest absolute Gasteiger partial charge is 0.458 e. The maximum absolute atomic E-state index is 7.12. The molecule has 3 heterocycles. The van der Waals surface area contributed by atoms with E-state index in [9.17, 15) is 0 Å². The molecule has 0 saturated heterocycles. The highest BCUT2D eigenvalue weighted by Crippen LogP contribution is 2.55. The van der Waals surface area contributed by atoms with Crippen molar-refractivity contribution in [3.63, 3.8) is 0 Å². The van der Waals surface area contributed by atoms with Gasteiger partial charge in [0, 0.05) is 34.4 Å². The van der Waals surface area contributed by atoms with Gasteiger partial charge in [0.25, 0.3) is 6.71 Å². The third-order valence-electron chi connectivity index (χ3n) is 10.7. The van der Waals surface area contributed by atoms with E-state index in [-0.39, 0.29) is 6.71 Å². The molecule has 4 nitrogen and oxygen atoms in total. The summed E-state index contributed by atoms with van der Waals surface area (Å²) < 4.78 is 14.2. The van der Waals surface area contributed by atoms with Crippen molar-refractivity contribution < 1.29 is 9.47 Å². The molecule has 0 saturated carbocycles. The van der Waals surface area contributed by atoms with Crippen LogP contribution in [0.4, 0.5) is 34.1 Å². The van der Waals surface area contributed by atoms with Crippen LogP contribution in [-0.2, 0) is 0 Å². The topological polar surface area (TPSA) is 24.9 Å². The van der Waals surface area contributed by atoms with Gasteiger partial charge in [0.15, 0.2) is 0 Å². The van der Waals surface area contributed by atoms with Crippen molar-refractivity contribution in [3.8, 4) is 45.3 Å². The van der Waals surface area contributed by atoms with Gasteiger partial charge < -0.3 is 19.3 Å². The molecule has 53 heavy (non-hydrogen) atoms. The monoisotopic (exact) mass is 678 g/mol. The first kappa shape index (κ1) is 29.7. The van der Waals surface area contributed by atoms with Gasteiger partial charge in [0.2, 0.25) is 0 Å². The summed E-state index contributed by atoms with van der Waals surface area (Å²) in [6.07, 6.45) is 0. The Hall–Kier alpha value is -6.98. The van der Waals surface area contributed by atoms with Gasteiger partial charge in [-0.2, -0.15) is 0 Å². The van der Waals surface area contributed by atoms with E-state index in [1.165, 1.54) is 0 Å². The summed E-state index contributed by atoms with van der Waals surface area (Å²) >= 11 is 0. The van der Waals surface area contributed by atoms with E-state index in [1.807, 2.05) is 0 Å². The van der Waals surface area contributed by atoms with Crippen LogP contribution < -0.4 is 35.7 Å². The second-order valence-electron chi connectivity index (χ2n) is 13.7. The smallest absolute Gasteiger partial charge is 0.260 e. The van der Waals surface area contributed by atoms with Crippen LogP contribution in [0, 0.1) is 0 Å². The van der Waals surface area contributed by atoms with Crippen molar-refractivity contribution in [2.75, 3.05) is 9.80 Å². The van der Waals surface area contributed by atoms with E-state index >= 15 is 0 Å². The van der Waals surface area contributed by atoms with E-state index in [1.54, 1.807) is 0 Å². The molecule has 8 aromatic rings. The predicted molar refractivity (Wildman–Crippen MR) is 218 cm³/mol. The van der Waals surface area contributed by atoms with Gasteiger partial charge in [0.05, 0.1) is 28.4 Å². The minimum Gasteiger partial charge on any atom is -0.458 e. The van der Waals surface area contributed by atoms with Crippen LogP contribution in [0.3, 0.4) is 0 Å². The highest BCUT2D eigenvalue weighted by molar-refractivity contribution is 6.98. The number of nitrogens with zero attached hydrogens (tertiary/aromatic N) is 2. The summed E-state index contributed by atoms with van der Waals surface area (Å²) in [6.45, 7) is -0.0802. The van der Waals surface area contributed by atoms with Crippen LogP contribution in [0.5, 0.6) is 23.0 Å². The second-order valence-corrected chi connectivity index (χ2v) is 13.7. The van der Waals surface area contributed by atoms with Gasteiger partial charge in [-0.1, -0.05) is 140 Å². The Bertz CT molecular complexity index is 2540. The Balaban J connectivity index is 1.16. The molecule has 11 rings (SSSR count). The lowest BCUT2D eigenvalue weighted by atomic mass is 9.34. The third-order valence-corrected chi connectivity index (χ3v) is 10.7. The Morgan fingerprint density at radius 1 is 0.358 bits per heavy atom. The Morgan fingerprint density at radius 2 is 0.755 bits per heavy atom. The van der Waals surface area contributed by atoms with Crippen LogP contribution in [0.25, 0.3) is 22.3 Å². The van der Waals surface area contributed by atoms with E-state index < -0.39 is 0 Å². The molecule has 0 spiro atoms. The fraction of sp³-hybridized carbons (Fsp3) is 0. The average Bonchev–Trinajstić information content (AvgIpc) is 3.23. The molecule has 3 aliphatic heterocycles. The highest BCUT2D eigenvalue weighted by atomic mass is 16.5. The van der Waals surface area contributed by atoms with Gasteiger partial charge >= 0.3 is 0 Å². The molecular weight excluding hydrogens is 647 g/mol. The normalized spacial score (nSPS) is 13.1. The quantitative estimate of drug-likeness (QED) is 0.173. The first-order chi connectivity index (χ1) is 26.3. The maximum atomic E-state index is 7.12. The molecule has 0 radical (unpaired) electrons. The summed E-state index contributed by atoms with van der Waals surface area (Å²) in [5, 5.41) is 0. The van der Waals surface area contributed by atoms with Gasteiger partial charge in [-0.25, -0.2) is 0 Å². The van der Waals surface area contributed by atoms with Crippen molar-refractivity contribution in [2.24, 2.45) is 0 Å². The lowest BCUT2D eigenvalue weighted by Gasteiger charge is -2.41. The Kier molecular flexibility index (Phi) is 6.61. The maximum Gasteiger partial charge on any atom is 0.260 e. The summed E-state index contributed by atoms with van der Waals surface area (Å²) in [6, 6.07) is 66.4. The van der Waals surface area contributed by atoms with Crippen molar-refractivity contribution in [1.82, 2.24) is 0 Å². The van der Waals surface area contributed by atoms with Crippen molar-refractivity contribution in [1.29, 1.82) is 0 Å². The molecule has 5 heteroatoms. The van der Waals surface area contributed by atoms with Crippen molar-refractivity contribution >= 4 is 57.2 Å². The Labute approximate surface area is 308 Å². The minimum atomic E-state index is -0.0802. The number of rotatable bonds is 4. The predicted octanol–water partition coefficient (Wildman–Crippen LogP) is 11.0. The highest BCUT2D eigenvalue weighted by Gasteiger charge is 2.43. The van der Waals surface area contributed by atoms with E-state index in [4.69, 9.17) is 9.47 Å². The molecule has 0 aromatic heterocycles. The molecular formula is C48H31BN2O2. The number of benzene rings is 8. The van der Waals surface area contributed by atoms with Crippen LogP contribution in [-0.4, -0.2) is 6.71 Å². The fourth-order valence-corrected chi connectivity index (χ4v) is 8.43. The minimum absolute atomic E-state index is 0.0802. The summed E-state index contributed by atoms with van der Waals surface area (Å²) in [5.41, 5.74) is 14.1. The first-order valence-electron chi connectivity index (χ1n) is 18.1. The lowest BCUT2D eigenvalue weighted by molar-refractivity contribution is 0.466. The molecule has 3 aliphatic rings. The number of fused-ring (bicyclic) bond motifs is 6. The fourth-order valence-electron chi connectivity index (χ4n) is 8.43. The lowest BCUT2D eigenvalue weighted by Crippen LogP contribution is -2.57. The summed E-state index contributed by atoms with van der Waals surface area (Å²) in [5.74, 6) is 3.36. The van der Waals surface area contributed by atoms with Crippen molar-refractivity contribution in [3.05, 3.63) is 188 Å². The molecule has 0 unspecified atom stereocenters. The zero-order valence-electron chi connectivity index (χ0n) is 28.7. The number of para-hydroxylation sites is 7. The van der Waals surface area contributed by atoms with Gasteiger partial charge in [-0.15, -0.1) is 0 Å². The van der Waals surface area contributed by atoms with Crippen LogP contribution >= 0.6 is 0 Å². The molecule has 8 aromatic carbocycles. The van der Waals surface area contributed by atoms with Crippen LogP contribution in [0.1, 0.15) is 0 Å². The Morgan fingerprint density at radius 3 is 1.21 bits per heavy atom. The number of ether oxygens (including phenoxy) is 2. The molecule has 0 bridgehead atoms. The van der Waals surface area contributed by atoms with Gasteiger partial charge in [-0.05, 0) is 58.5 Å². The molecule has 0 amide bonds. The van der Waals surface area contributed by atoms with Gasteiger partial charge in [-0.3, -0.25) is 0 Å². The number of anilines is 6. The van der Waals surface area contributed by atoms with Gasteiger partial charge in [0.1, 0.15) is 23.0 Å². The summed E-state index contributed by atoms with van der Waals surface area (Å²) in [4.78, 5) is 4.69. The molecule has 0 atom stereocenters. The molecule has 0 fully saturated rings. The van der Waals surface area contributed by atoms with E-state index in [0.717, 1.165) is 95.8 Å². The number of hydrogen-bond acceptors (Lipinski definition) is 4. The second kappa shape index (κ2) is 11.8. The van der Waals surface area contributed by atoms with Crippen molar-refractivity contribution in [2.45, 2.75) is 0 Å². The SMILES string of the molecule is c1ccc(-c2cccc3c2Oc2cc(N4c5ccccc5N(c5ccccc5)c5ccccc54)cc4c2B3c2cccc(-c3ccccc3)c2O4)cc1. The zero-order chi connectivity index (χ0) is 34.9. The van der Waals surface area contributed by atoms with Crippen LogP contribution in [0.15, 0.2) is 188 Å². The molecule has 0 N–H and O–H groups in total. The van der Waals surface area contributed by atoms with Crippen LogP contribution in [0.2, 0.25) is 0 Å². The standard InChI is InChI=1S/C48H31BN2O2/c1-4-16-32(17-5-1)36-22-14-24-38-47(36)52-44-30-35(31-45-46(44)49(38)39-25-15-23-37(48(39)53-45)33-18-6-2-7-19-33)51-42-28-12-10-26-40(42)50(34-20-8-3-9-21-34)41-27-11-13-29-43(41)51/h1-31H. The third kappa shape index (κ3) is 4.57. The molecule has 248 valence electrons. The van der Waals surface area contributed by atoms with E-state index in [0.29, 0.717) is 0 Å². The van der Waals surface area contributed by atoms with E-state index in [2.05, 4.69) is 198 Å². The summed E-state index contributed by atoms with van der Waals surface area (Å²) in [7, 11) is 0. The zero-order valence-corrected chi connectivity index (χ0v) is 28.7. The molecule has 0 aliphatic carbocycles. The average molecular weight is 679 g/mol.